The lowest BCUT2D eigenvalue weighted by atomic mass is 9.80. The van der Waals surface area contributed by atoms with Gasteiger partial charge in [0.1, 0.15) is 11.2 Å². The van der Waals surface area contributed by atoms with Crippen molar-refractivity contribution in [2.75, 3.05) is 0 Å². The Kier molecular flexibility index (Phi) is 3.73. The smallest absolute Gasteiger partial charge is 0.270 e. The Hall–Kier alpha value is -2.05. The first kappa shape index (κ1) is 13.4. The summed E-state index contributed by atoms with van der Waals surface area (Å²) >= 11 is 0. The second-order valence-corrected chi connectivity index (χ2v) is 4.92. The summed E-state index contributed by atoms with van der Waals surface area (Å²) in [6.07, 6.45) is 5.93. The average Bonchev–Trinajstić information content (AvgIpc) is 2.85. The molecule has 7 nitrogen and oxygen atoms in total. The summed E-state index contributed by atoms with van der Waals surface area (Å²) in [6, 6.07) is 1.64. The number of nitrogens with one attached hydrogen (secondary N) is 1. The van der Waals surface area contributed by atoms with Crippen molar-refractivity contribution in [1.82, 2.24) is 15.1 Å². The fraction of sp³-hybridized carbons (Fsp3) is 0.583. The Morgan fingerprint density at radius 3 is 2.74 bits per heavy atom. The third-order valence-electron chi connectivity index (χ3n) is 3.71. The van der Waals surface area contributed by atoms with E-state index in [1.165, 1.54) is 4.68 Å². The highest BCUT2D eigenvalue weighted by Gasteiger charge is 2.38. The fourth-order valence-electron chi connectivity index (χ4n) is 2.57. The number of carbonyl (C=O) groups is 1. The standard InChI is InChI=1S/C12H19N5O2/c1-17-9(5-8-14-17)10(18)15-12(11(13)16-19)6-3-2-4-7-12/h5,8,19H,2-4,6-7H2,1H3,(H2,13,16)(H,15,18). The number of aromatic nitrogens is 2. The van der Waals surface area contributed by atoms with Crippen LogP contribution in [0.2, 0.25) is 0 Å². The molecular formula is C12H19N5O2. The highest BCUT2D eigenvalue weighted by atomic mass is 16.4. The number of oxime groups is 1. The van der Waals surface area contributed by atoms with E-state index >= 15 is 0 Å². The molecule has 1 heterocycles. The molecule has 1 aliphatic rings. The van der Waals surface area contributed by atoms with E-state index in [2.05, 4.69) is 15.6 Å². The van der Waals surface area contributed by atoms with Gasteiger partial charge in [0.25, 0.3) is 5.91 Å². The molecule has 1 amide bonds. The van der Waals surface area contributed by atoms with Crippen LogP contribution in [0.25, 0.3) is 0 Å². The van der Waals surface area contributed by atoms with Crippen LogP contribution in [0.15, 0.2) is 17.4 Å². The van der Waals surface area contributed by atoms with Crippen LogP contribution in [0.3, 0.4) is 0 Å². The summed E-state index contributed by atoms with van der Waals surface area (Å²) in [6.45, 7) is 0. The Labute approximate surface area is 111 Å². The maximum atomic E-state index is 12.3. The van der Waals surface area contributed by atoms with Crippen LogP contribution in [0.5, 0.6) is 0 Å². The molecule has 104 valence electrons. The van der Waals surface area contributed by atoms with E-state index in [4.69, 9.17) is 10.9 Å². The van der Waals surface area contributed by atoms with Gasteiger partial charge in [-0.15, -0.1) is 0 Å². The molecule has 1 fully saturated rings. The molecule has 0 aromatic carbocycles. The summed E-state index contributed by atoms with van der Waals surface area (Å²) in [7, 11) is 1.70. The zero-order valence-corrected chi connectivity index (χ0v) is 11.0. The number of rotatable bonds is 3. The summed E-state index contributed by atoms with van der Waals surface area (Å²) in [4.78, 5) is 12.3. The molecule has 0 unspecified atom stereocenters. The van der Waals surface area contributed by atoms with E-state index in [0.717, 1.165) is 19.3 Å². The van der Waals surface area contributed by atoms with Crippen LogP contribution < -0.4 is 11.1 Å². The van der Waals surface area contributed by atoms with Gasteiger partial charge in [0.05, 0.1) is 0 Å². The van der Waals surface area contributed by atoms with Crippen LogP contribution in [-0.4, -0.2) is 32.3 Å². The number of amidine groups is 1. The largest absolute Gasteiger partial charge is 0.409 e. The third kappa shape index (κ3) is 2.54. The van der Waals surface area contributed by atoms with Crippen molar-refractivity contribution in [3.8, 4) is 0 Å². The van der Waals surface area contributed by atoms with Gasteiger partial charge < -0.3 is 16.3 Å². The van der Waals surface area contributed by atoms with Crippen LogP contribution in [0.4, 0.5) is 0 Å². The Balaban J connectivity index is 2.21. The number of amides is 1. The number of aryl methyl sites for hydroxylation is 1. The van der Waals surface area contributed by atoms with E-state index in [0.29, 0.717) is 18.5 Å². The van der Waals surface area contributed by atoms with Gasteiger partial charge in [-0.05, 0) is 18.9 Å². The van der Waals surface area contributed by atoms with Gasteiger partial charge in [-0.3, -0.25) is 9.48 Å². The fourth-order valence-corrected chi connectivity index (χ4v) is 2.57. The molecule has 1 aliphatic carbocycles. The van der Waals surface area contributed by atoms with Gasteiger partial charge in [0.2, 0.25) is 0 Å². The van der Waals surface area contributed by atoms with Crippen molar-refractivity contribution in [2.24, 2.45) is 17.9 Å². The molecule has 0 radical (unpaired) electrons. The topological polar surface area (TPSA) is 106 Å². The molecular weight excluding hydrogens is 246 g/mol. The molecule has 0 aliphatic heterocycles. The summed E-state index contributed by atoms with van der Waals surface area (Å²) in [5.41, 5.74) is 5.50. The van der Waals surface area contributed by atoms with Crippen LogP contribution in [0.1, 0.15) is 42.6 Å². The molecule has 0 bridgehead atoms. The minimum Gasteiger partial charge on any atom is -0.409 e. The molecule has 19 heavy (non-hydrogen) atoms. The van der Waals surface area contributed by atoms with Crippen molar-refractivity contribution < 1.29 is 10.0 Å². The van der Waals surface area contributed by atoms with Crippen LogP contribution in [-0.2, 0) is 7.05 Å². The zero-order chi connectivity index (χ0) is 13.9. The maximum Gasteiger partial charge on any atom is 0.270 e. The van der Waals surface area contributed by atoms with E-state index in [1.54, 1.807) is 19.3 Å². The normalized spacial score (nSPS) is 19.1. The second kappa shape index (κ2) is 5.29. The molecule has 0 saturated heterocycles. The Bertz CT molecular complexity index is 488. The Morgan fingerprint density at radius 1 is 1.53 bits per heavy atom. The zero-order valence-electron chi connectivity index (χ0n) is 11.0. The molecule has 2 rings (SSSR count). The van der Waals surface area contributed by atoms with Gasteiger partial charge >= 0.3 is 0 Å². The summed E-state index contributed by atoms with van der Waals surface area (Å²) in [5, 5.41) is 18.9. The molecule has 1 saturated carbocycles. The van der Waals surface area contributed by atoms with Gasteiger partial charge in [-0.25, -0.2) is 0 Å². The predicted octanol–water partition coefficient (Wildman–Crippen LogP) is 0.599. The van der Waals surface area contributed by atoms with Crippen molar-refractivity contribution in [1.29, 1.82) is 0 Å². The average molecular weight is 265 g/mol. The van der Waals surface area contributed by atoms with E-state index in [1.807, 2.05) is 0 Å². The molecule has 4 N–H and O–H groups in total. The first-order valence-electron chi connectivity index (χ1n) is 6.37. The van der Waals surface area contributed by atoms with Gasteiger partial charge in [-0.1, -0.05) is 24.4 Å². The third-order valence-corrected chi connectivity index (χ3v) is 3.71. The first-order chi connectivity index (χ1) is 9.09. The summed E-state index contributed by atoms with van der Waals surface area (Å²) < 4.78 is 1.50. The number of nitrogens with zero attached hydrogens (tertiary/aromatic N) is 3. The van der Waals surface area contributed by atoms with Crippen LogP contribution in [0, 0.1) is 0 Å². The Morgan fingerprint density at radius 2 is 2.21 bits per heavy atom. The highest BCUT2D eigenvalue weighted by Crippen LogP contribution is 2.28. The lowest BCUT2D eigenvalue weighted by Gasteiger charge is -2.36. The minimum atomic E-state index is -0.742. The second-order valence-electron chi connectivity index (χ2n) is 4.92. The lowest BCUT2D eigenvalue weighted by molar-refractivity contribution is 0.0896. The molecule has 0 atom stereocenters. The number of hydrogen-bond acceptors (Lipinski definition) is 4. The lowest BCUT2D eigenvalue weighted by Crippen LogP contribution is -2.58. The van der Waals surface area contributed by atoms with E-state index in [-0.39, 0.29) is 11.7 Å². The minimum absolute atomic E-state index is 0.0720. The molecule has 0 spiro atoms. The first-order valence-corrected chi connectivity index (χ1v) is 6.37. The highest BCUT2D eigenvalue weighted by molar-refractivity contribution is 5.99. The SMILES string of the molecule is Cn1nccc1C(=O)NC1(C(N)=NO)CCCCC1. The monoisotopic (exact) mass is 265 g/mol. The van der Waals surface area contributed by atoms with Gasteiger partial charge in [-0.2, -0.15) is 5.10 Å². The van der Waals surface area contributed by atoms with Gasteiger partial charge in [0.15, 0.2) is 5.84 Å². The quantitative estimate of drug-likeness (QED) is 0.322. The summed E-state index contributed by atoms with van der Waals surface area (Å²) in [5.74, 6) is -0.184. The number of nitrogens with two attached hydrogens (primary N) is 1. The van der Waals surface area contributed by atoms with E-state index in [9.17, 15) is 4.79 Å². The van der Waals surface area contributed by atoms with Crippen molar-refractivity contribution >= 4 is 11.7 Å². The number of carbonyl (C=O) groups excluding carboxylic acids is 1. The van der Waals surface area contributed by atoms with Crippen molar-refractivity contribution in [3.63, 3.8) is 0 Å². The van der Waals surface area contributed by atoms with Crippen LogP contribution >= 0.6 is 0 Å². The van der Waals surface area contributed by atoms with E-state index < -0.39 is 5.54 Å². The van der Waals surface area contributed by atoms with Crippen molar-refractivity contribution in [3.05, 3.63) is 18.0 Å². The number of hydrogen-bond donors (Lipinski definition) is 3. The maximum absolute atomic E-state index is 12.3. The molecule has 1 aromatic rings. The van der Waals surface area contributed by atoms with Crippen molar-refractivity contribution in [2.45, 2.75) is 37.6 Å². The predicted molar refractivity (Wildman–Crippen MR) is 69.9 cm³/mol. The molecule has 7 heteroatoms. The van der Waals surface area contributed by atoms with Gasteiger partial charge in [0, 0.05) is 13.2 Å². The molecule has 1 aromatic heterocycles.